The fourth-order valence-corrected chi connectivity index (χ4v) is 5.16. The molecule has 0 aliphatic carbocycles. The lowest BCUT2D eigenvalue weighted by Gasteiger charge is -2.07. The van der Waals surface area contributed by atoms with Crippen LogP contribution in [0.4, 0.5) is 0 Å². The number of nitrogens with zero attached hydrogens (tertiary/aromatic N) is 4. The number of para-hydroxylation sites is 2. The van der Waals surface area contributed by atoms with E-state index >= 15 is 0 Å². The summed E-state index contributed by atoms with van der Waals surface area (Å²) in [5.41, 5.74) is 1.48. The molecular weight excluding hydrogens is 416 g/mol. The minimum Gasteiger partial charge on any atom is -0.298 e. The second-order valence-corrected chi connectivity index (χ2v) is 8.72. The van der Waals surface area contributed by atoms with Gasteiger partial charge >= 0.3 is 0 Å². The Labute approximate surface area is 180 Å². The van der Waals surface area contributed by atoms with Crippen molar-refractivity contribution in [3.05, 3.63) is 58.5 Å². The molecule has 0 unspecified atom stereocenters. The van der Waals surface area contributed by atoms with Gasteiger partial charge in [0.05, 0.1) is 32.6 Å². The van der Waals surface area contributed by atoms with Crippen molar-refractivity contribution in [2.75, 3.05) is 0 Å². The maximum Gasteiger partial charge on any atom is 0.157 e. The third-order valence-corrected chi connectivity index (χ3v) is 6.84. The van der Waals surface area contributed by atoms with E-state index in [1.54, 1.807) is 0 Å². The van der Waals surface area contributed by atoms with Gasteiger partial charge in [-0.15, -0.1) is 22.7 Å². The minimum absolute atomic E-state index is 0.115. The van der Waals surface area contributed by atoms with E-state index < -0.39 is 11.8 Å². The number of carbonyl (C=O) groups excluding carboxylic acids is 2. The zero-order valence-electron chi connectivity index (χ0n) is 15.6. The fourth-order valence-electron chi connectivity index (χ4n) is 3.09. The Kier molecular flexibility index (Phi) is 5.62. The second-order valence-electron chi connectivity index (χ2n) is 6.60. The molecule has 0 spiro atoms. The van der Waals surface area contributed by atoms with Gasteiger partial charge in [-0.1, -0.05) is 24.3 Å². The van der Waals surface area contributed by atoms with Gasteiger partial charge in [-0.3, -0.25) is 9.59 Å². The summed E-state index contributed by atoms with van der Waals surface area (Å²) < 4.78 is 1.80. The Balaban J connectivity index is 1.46. The van der Waals surface area contributed by atoms with Crippen LogP contribution in [0.1, 0.15) is 34.7 Å². The molecular formula is C22H14N4O2S2. The van der Waals surface area contributed by atoms with Crippen molar-refractivity contribution in [3.8, 4) is 12.1 Å². The minimum atomic E-state index is -1.02. The number of hydrogen-bond acceptors (Lipinski definition) is 8. The highest BCUT2D eigenvalue weighted by atomic mass is 32.1. The van der Waals surface area contributed by atoms with Gasteiger partial charge in [-0.05, 0) is 24.3 Å². The van der Waals surface area contributed by atoms with Crippen LogP contribution in [-0.4, -0.2) is 21.5 Å². The van der Waals surface area contributed by atoms with Crippen LogP contribution in [0.15, 0.2) is 48.5 Å². The second kappa shape index (κ2) is 8.50. The third kappa shape index (κ3) is 3.84. The lowest BCUT2D eigenvalue weighted by Crippen LogP contribution is -2.16. The molecule has 0 radical (unpaired) electrons. The number of rotatable bonds is 7. The average molecular weight is 431 g/mol. The molecule has 0 fully saturated rings. The third-order valence-electron chi connectivity index (χ3n) is 4.63. The molecule has 0 saturated heterocycles. The molecule has 0 amide bonds. The van der Waals surface area contributed by atoms with Crippen molar-refractivity contribution in [3.63, 3.8) is 0 Å². The fraction of sp³-hybridized carbons (Fsp3) is 0.182. The maximum absolute atomic E-state index is 12.6. The summed E-state index contributed by atoms with van der Waals surface area (Å²) in [6.07, 6.45) is -0.230. The first kappa shape index (κ1) is 19.8. The van der Waals surface area contributed by atoms with Gasteiger partial charge in [0.15, 0.2) is 23.4 Å². The average Bonchev–Trinajstić information content (AvgIpc) is 3.37. The van der Waals surface area contributed by atoms with Gasteiger partial charge in [0.2, 0.25) is 0 Å². The number of ketones is 2. The topological polar surface area (TPSA) is 108 Å². The molecule has 2 aromatic carbocycles. The van der Waals surface area contributed by atoms with Crippen LogP contribution in [0.25, 0.3) is 20.4 Å². The Bertz CT molecular complexity index is 1170. The lowest BCUT2D eigenvalue weighted by molar-refractivity contribution is -0.124. The molecule has 0 aliphatic heterocycles. The summed E-state index contributed by atoms with van der Waals surface area (Å²) in [5.74, 6) is -2.77. The van der Waals surface area contributed by atoms with Gasteiger partial charge in [-0.25, -0.2) is 9.97 Å². The first-order chi connectivity index (χ1) is 14.6. The molecule has 6 nitrogen and oxygen atoms in total. The summed E-state index contributed by atoms with van der Waals surface area (Å²) in [7, 11) is 0. The first-order valence-corrected chi connectivity index (χ1v) is 10.8. The molecule has 4 rings (SSSR count). The molecule has 0 aliphatic rings. The molecule has 0 saturated carbocycles. The van der Waals surface area contributed by atoms with Crippen LogP contribution < -0.4 is 0 Å². The summed E-state index contributed by atoms with van der Waals surface area (Å²) in [5, 5.41) is 19.9. The first-order valence-electron chi connectivity index (χ1n) is 9.16. The summed E-state index contributed by atoms with van der Waals surface area (Å²) in [6, 6.07) is 18.9. The summed E-state index contributed by atoms with van der Waals surface area (Å²) >= 11 is 2.61. The summed E-state index contributed by atoms with van der Waals surface area (Å²) in [4.78, 5) is 34.1. The van der Waals surface area contributed by atoms with Crippen LogP contribution >= 0.6 is 22.7 Å². The number of aromatic nitrogens is 2. The zero-order chi connectivity index (χ0) is 21.1. The van der Waals surface area contributed by atoms with Crippen LogP contribution in [0, 0.1) is 22.7 Å². The largest absolute Gasteiger partial charge is 0.298 e. The number of carbonyl (C=O) groups is 2. The number of Topliss-reactive ketones (excluding diaryl/α,β-unsaturated/α-hetero) is 2. The number of hydrogen-bond donors (Lipinski definition) is 0. The van der Waals surface area contributed by atoms with E-state index in [1.807, 2.05) is 60.7 Å². The van der Waals surface area contributed by atoms with Gasteiger partial charge in [0, 0.05) is 12.8 Å². The molecule has 0 bridgehead atoms. The van der Waals surface area contributed by atoms with Gasteiger partial charge in [0.1, 0.15) is 10.0 Å². The van der Waals surface area contributed by atoms with Crippen molar-refractivity contribution in [2.45, 2.75) is 24.7 Å². The van der Waals surface area contributed by atoms with Crippen molar-refractivity contribution < 1.29 is 9.59 Å². The normalized spacial score (nSPS) is 12.9. The predicted molar refractivity (Wildman–Crippen MR) is 115 cm³/mol. The van der Waals surface area contributed by atoms with Crippen LogP contribution in [0.3, 0.4) is 0 Å². The SMILES string of the molecule is N#C[C@@H](C(=O)CCC(=O)[C@H](C#N)c1nc2ccccc2s1)c1nc2ccccc2s1. The molecule has 146 valence electrons. The zero-order valence-corrected chi connectivity index (χ0v) is 17.2. The van der Waals surface area contributed by atoms with E-state index in [0.717, 1.165) is 20.4 Å². The molecule has 2 heterocycles. The van der Waals surface area contributed by atoms with Gasteiger partial charge in [-0.2, -0.15) is 10.5 Å². The smallest absolute Gasteiger partial charge is 0.157 e. The highest BCUT2D eigenvalue weighted by Gasteiger charge is 2.28. The number of thiazole rings is 2. The van der Waals surface area contributed by atoms with E-state index in [1.165, 1.54) is 22.7 Å². The van der Waals surface area contributed by atoms with Crippen molar-refractivity contribution in [2.24, 2.45) is 0 Å². The van der Waals surface area contributed by atoms with E-state index in [2.05, 4.69) is 9.97 Å². The summed E-state index contributed by atoms with van der Waals surface area (Å²) in [6.45, 7) is 0. The van der Waals surface area contributed by atoms with E-state index in [4.69, 9.17) is 0 Å². The Hall–Kier alpha value is -3.46. The molecule has 30 heavy (non-hydrogen) atoms. The van der Waals surface area contributed by atoms with E-state index in [9.17, 15) is 20.1 Å². The van der Waals surface area contributed by atoms with E-state index in [0.29, 0.717) is 10.0 Å². The monoisotopic (exact) mass is 430 g/mol. The van der Waals surface area contributed by atoms with Crippen molar-refractivity contribution >= 4 is 54.7 Å². The van der Waals surface area contributed by atoms with Crippen molar-refractivity contribution in [1.82, 2.24) is 9.97 Å². The molecule has 8 heteroatoms. The molecule has 2 aromatic heterocycles. The van der Waals surface area contributed by atoms with Gasteiger partial charge in [0.25, 0.3) is 0 Å². The van der Waals surface area contributed by atoms with Crippen molar-refractivity contribution in [1.29, 1.82) is 10.5 Å². The highest BCUT2D eigenvalue weighted by Crippen LogP contribution is 2.31. The quantitative estimate of drug-likeness (QED) is 0.419. The van der Waals surface area contributed by atoms with Gasteiger partial charge < -0.3 is 0 Å². The molecule has 0 N–H and O–H groups in total. The van der Waals surface area contributed by atoms with Crippen LogP contribution in [-0.2, 0) is 9.59 Å². The van der Waals surface area contributed by atoms with E-state index in [-0.39, 0.29) is 24.4 Å². The predicted octanol–water partition coefficient (Wildman–Crippen LogP) is 4.74. The number of fused-ring (bicyclic) bond motifs is 2. The maximum atomic E-state index is 12.6. The number of nitriles is 2. The Morgan fingerprint density at radius 2 is 1.17 bits per heavy atom. The molecule has 4 aromatic rings. The Morgan fingerprint density at radius 1 is 0.767 bits per heavy atom. The highest BCUT2D eigenvalue weighted by molar-refractivity contribution is 7.19. The Morgan fingerprint density at radius 3 is 1.53 bits per heavy atom. The lowest BCUT2D eigenvalue weighted by atomic mass is 9.97. The standard InChI is InChI=1S/C22H14N4O2S2/c23-11-13(21-25-15-5-1-3-7-19(15)29-21)17(27)9-10-18(28)14(12-24)22-26-16-6-2-4-8-20(16)30-22/h1-8,13-14H,9-10H2/t13-,14-/m0/s1. The molecule has 2 atom stereocenters. The van der Waals surface area contributed by atoms with Crippen LogP contribution in [0.5, 0.6) is 0 Å². The van der Waals surface area contributed by atoms with Crippen LogP contribution in [0.2, 0.25) is 0 Å². The number of benzene rings is 2.